The van der Waals surface area contributed by atoms with E-state index in [1.54, 1.807) is 11.3 Å². The van der Waals surface area contributed by atoms with Gasteiger partial charge in [0.25, 0.3) is 0 Å². The van der Waals surface area contributed by atoms with Crippen LogP contribution in [0.15, 0.2) is 55.3 Å². The Morgan fingerprint density at radius 3 is 3.06 bits per heavy atom. The van der Waals surface area contributed by atoms with Gasteiger partial charge in [0, 0.05) is 16.5 Å². The van der Waals surface area contributed by atoms with Crippen LogP contribution in [0.2, 0.25) is 0 Å². The van der Waals surface area contributed by atoms with Gasteiger partial charge in [0.2, 0.25) is 0 Å². The Hall–Kier alpha value is -1.67. The monoisotopic (exact) mass is 227 g/mol. The van der Waals surface area contributed by atoms with Crippen molar-refractivity contribution < 1.29 is 0 Å². The average Bonchev–Trinajstić information content (AvgIpc) is 2.73. The lowest BCUT2D eigenvalue weighted by molar-refractivity contribution is 1.45. The van der Waals surface area contributed by atoms with Crippen molar-refractivity contribution >= 4 is 27.1 Å². The zero-order chi connectivity index (χ0) is 11.4. The van der Waals surface area contributed by atoms with Gasteiger partial charge in [0.1, 0.15) is 4.83 Å². The Kier molecular flexibility index (Phi) is 3.32. The molecule has 2 aromatic heterocycles. The molecule has 0 saturated heterocycles. The summed E-state index contributed by atoms with van der Waals surface area (Å²) in [6.07, 6.45) is 9.80. The lowest BCUT2D eigenvalue weighted by atomic mass is 10.2. The van der Waals surface area contributed by atoms with E-state index in [0.717, 1.165) is 10.4 Å². The second-order valence-corrected chi connectivity index (χ2v) is 4.39. The number of rotatable bonds is 3. The minimum absolute atomic E-state index is 1.07. The Morgan fingerprint density at radius 1 is 1.50 bits per heavy atom. The van der Waals surface area contributed by atoms with E-state index in [-0.39, 0.29) is 0 Å². The molecule has 2 aromatic rings. The molecule has 0 aliphatic carbocycles. The summed E-state index contributed by atoms with van der Waals surface area (Å²) in [5, 5.41) is 1.19. The van der Waals surface area contributed by atoms with E-state index < -0.39 is 0 Å². The van der Waals surface area contributed by atoms with Gasteiger partial charge in [-0.2, -0.15) is 0 Å². The van der Waals surface area contributed by atoms with Crippen molar-refractivity contribution in [1.82, 2.24) is 4.98 Å². The van der Waals surface area contributed by atoms with E-state index in [1.165, 1.54) is 10.3 Å². The van der Waals surface area contributed by atoms with Crippen molar-refractivity contribution in [3.63, 3.8) is 0 Å². The molecule has 1 nitrogen and oxygen atoms in total. The summed E-state index contributed by atoms with van der Waals surface area (Å²) in [5.41, 5.74) is 1.14. The van der Waals surface area contributed by atoms with Gasteiger partial charge in [-0.3, -0.25) is 0 Å². The van der Waals surface area contributed by atoms with Gasteiger partial charge >= 0.3 is 0 Å². The van der Waals surface area contributed by atoms with E-state index in [2.05, 4.69) is 29.8 Å². The Morgan fingerprint density at radius 2 is 2.38 bits per heavy atom. The third-order valence-electron chi connectivity index (χ3n) is 2.27. The first-order chi connectivity index (χ1) is 7.85. The summed E-state index contributed by atoms with van der Waals surface area (Å²) in [7, 11) is 0. The largest absolute Gasteiger partial charge is 0.245 e. The number of allylic oxidation sites excluding steroid dienone is 5. The minimum Gasteiger partial charge on any atom is -0.245 e. The summed E-state index contributed by atoms with van der Waals surface area (Å²) >= 11 is 1.70. The molecule has 16 heavy (non-hydrogen) atoms. The fourth-order valence-electron chi connectivity index (χ4n) is 1.47. The molecule has 2 heteroatoms. The number of thiophene rings is 1. The molecule has 0 aliphatic rings. The van der Waals surface area contributed by atoms with E-state index in [0.29, 0.717) is 0 Å². The van der Waals surface area contributed by atoms with Crippen molar-refractivity contribution in [2.75, 3.05) is 0 Å². The number of pyridine rings is 1. The summed E-state index contributed by atoms with van der Waals surface area (Å²) in [6, 6.07) is 6.20. The van der Waals surface area contributed by atoms with E-state index >= 15 is 0 Å². The predicted octanol–water partition coefficient (Wildman–Crippen LogP) is 4.44. The van der Waals surface area contributed by atoms with Crippen LogP contribution in [-0.4, -0.2) is 4.98 Å². The predicted molar refractivity (Wildman–Crippen MR) is 72.6 cm³/mol. The highest BCUT2D eigenvalue weighted by Gasteiger charge is 2.03. The van der Waals surface area contributed by atoms with Crippen molar-refractivity contribution in [3.05, 3.63) is 60.2 Å². The molecule has 0 spiro atoms. The number of fused-ring (bicyclic) bond motifs is 1. The number of hydrogen-bond donors (Lipinski definition) is 0. The minimum atomic E-state index is 1.07. The average molecular weight is 227 g/mol. The molecule has 0 radical (unpaired) electrons. The standard InChI is InChI=1S/C14H13NS/c1-3-5-7-11(4-2)13-10-12-8-6-9-15-14(12)16-13/h3-10H,2H2,1H3/b5-3-,11-7+. The van der Waals surface area contributed by atoms with Gasteiger partial charge in [0.15, 0.2) is 0 Å². The van der Waals surface area contributed by atoms with Crippen LogP contribution < -0.4 is 0 Å². The summed E-state index contributed by atoms with van der Waals surface area (Å²) in [5.74, 6) is 0. The highest BCUT2D eigenvalue weighted by atomic mass is 32.1. The quantitative estimate of drug-likeness (QED) is 0.706. The normalized spacial score (nSPS) is 12.4. The first kappa shape index (κ1) is 10.8. The second-order valence-electron chi connectivity index (χ2n) is 3.36. The van der Waals surface area contributed by atoms with Crippen molar-refractivity contribution in [3.8, 4) is 0 Å². The molecule has 0 amide bonds. The van der Waals surface area contributed by atoms with Crippen molar-refractivity contribution in [2.24, 2.45) is 0 Å². The van der Waals surface area contributed by atoms with Crippen LogP contribution in [-0.2, 0) is 0 Å². The number of hydrogen-bond acceptors (Lipinski definition) is 2. The van der Waals surface area contributed by atoms with E-state index in [1.807, 2.05) is 37.4 Å². The summed E-state index contributed by atoms with van der Waals surface area (Å²) < 4.78 is 0. The lowest BCUT2D eigenvalue weighted by Gasteiger charge is -1.93. The molecule has 2 heterocycles. The first-order valence-electron chi connectivity index (χ1n) is 5.15. The highest BCUT2D eigenvalue weighted by molar-refractivity contribution is 7.19. The van der Waals surface area contributed by atoms with Crippen molar-refractivity contribution in [1.29, 1.82) is 0 Å². The molecular formula is C14H13NS. The fourth-order valence-corrected chi connectivity index (χ4v) is 2.49. The summed E-state index contributed by atoms with van der Waals surface area (Å²) in [6.45, 7) is 5.85. The maximum absolute atomic E-state index is 4.34. The maximum Gasteiger partial charge on any atom is 0.123 e. The van der Waals surface area contributed by atoms with Crippen molar-refractivity contribution in [2.45, 2.75) is 6.92 Å². The van der Waals surface area contributed by atoms with Gasteiger partial charge < -0.3 is 0 Å². The SMILES string of the molecule is C=C/C(=C\C=C/C)c1cc2cccnc2s1. The van der Waals surface area contributed by atoms with Gasteiger partial charge in [-0.05, 0) is 24.6 Å². The third kappa shape index (κ3) is 2.12. The summed E-state index contributed by atoms with van der Waals surface area (Å²) in [4.78, 5) is 6.62. The Labute approximate surface area is 99.5 Å². The van der Waals surface area contributed by atoms with E-state index in [9.17, 15) is 0 Å². The number of nitrogens with zero attached hydrogens (tertiary/aromatic N) is 1. The molecular weight excluding hydrogens is 214 g/mol. The second kappa shape index (κ2) is 4.90. The lowest BCUT2D eigenvalue weighted by Crippen LogP contribution is -1.70. The fraction of sp³-hybridized carbons (Fsp3) is 0.0714. The Balaban J connectivity index is 2.49. The first-order valence-corrected chi connectivity index (χ1v) is 5.97. The molecule has 80 valence electrons. The van der Waals surface area contributed by atoms with Crippen LogP contribution in [0.25, 0.3) is 15.8 Å². The molecule has 2 rings (SSSR count). The molecule has 0 atom stereocenters. The molecule has 0 bridgehead atoms. The third-order valence-corrected chi connectivity index (χ3v) is 3.37. The van der Waals surface area contributed by atoms with Gasteiger partial charge in [-0.1, -0.05) is 36.9 Å². The molecule has 0 fully saturated rings. The van der Waals surface area contributed by atoms with Crippen LogP contribution in [0.3, 0.4) is 0 Å². The van der Waals surface area contributed by atoms with Crippen LogP contribution in [0, 0.1) is 0 Å². The topological polar surface area (TPSA) is 12.9 Å². The molecule has 0 unspecified atom stereocenters. The molecule has 0 aromatic carbocycles. The van der Waals surface area contributed by atoms with E-state index in [4.69, 9.17) is 0 Å². The zero-order valence-electron chi connectivity index (χ0n) is 9.18. The molecule has 0 saturated carbocycles. The van der Waals surface area contributed by atoms with Crippen LogP contribution in [0.1, 0.15) is 11.8 Å². The molecule has 0 aliphatic heterocycles. The van der Waals surface area contributed by atoms with Crippen LogP contribution in [0.4, 0.5) is 0 Å². The van der Waals surface area contributed by atoms with Crippen LogP contribution >= 0.6 is 11.3 Å². The smallest absolute Gasteiger partial charge is 0.123 e. The van der Waals surface area contributed by atoms with Gasteiger partial charge in [0.05, 0.1) is 0 Å². The highest BCUT2D eigenvalue weighted by Crippen LogP contribution is 2.29. The molecule has 0 N–H and O–H groups in total. The van der Waals surface area contributed by atoms with Gasteiger partial charge in [-0.25, -0.2) is 4.98 Å². The number of aromatic nitrogens is 1. The maximum atomic E-state index is 4.34. The van der Waals surface area contributed by atoms with Crippen LogP contribution in [0.5, 0.6) is 0 Å². The van der Waals surface area contributed by atoms with Gasteiger partial charge in [-0.15, -0.1) is 11.3 Å². The Bertz CT molecular complexity index is 528. The zero-order valence-corrected chi connectivity index (χ0v) is 10.00.